The van der Waals surface area contributed by atoms with Crippen molar-refractivity contribution in [3.63, 3.8) is 0 Å². The average Bonchev–Trinajstić information content (AvgIpc) is 2.70. The zero-order valence-electron chi connectivity index (χ0n) is 14.9. The largest absolute Gasteiger partial charge is 0.465 e. The maximum atomic E-state index is 14.3. The second-order valence-electron chi connectivity index (χ2n) is 5.92. The van der Waals surface area contributed by atoms with Gasteiger partial charge in [-0.15, -0.1) is 0 Å². The first-order chi connectivity index (χ1) is 13.7. The van der Waals surface area contributed by atoms with E-state index in [0.29, 0.717) is 5.56 Å². The molecular formula is C20H14Cl2FNO4S. The van der Waals surface area contributed by atoms with E-state index in [-0.39, 0.29) is 16.3 Å². The van der Waals surface area contributed by atoms with Crippen molar-refractivity contribution in [1.82, 2.24) is 0 Å². The molecule has 0 aliphatic heterocycles. The van der Waals surface area contributed by atoms with Crippen LogP contribution in [0.4, 0.5) is 10.1 Å². The van der Waals surface area contributed by atoms with Crippen molar-refractivity contribution in [3.05, 3.63) is 82.1 Å². The van der Waals surface area contributed by atoms with Gasteiger partial charge in [-0.2, -0.15) is 0 Å². The minimum Gasteiger partial charge on any atom is -0.465 e. The van der Waals surface area contributed by atoms with E-state index in [1.54, 1.807) is 6.07 Å². The number of carbonyl (C=O) groups excluding carboxylic acids is 1. The minimum atomic E-state index is -4.45. The van der Waals surface area contributed by atoms with Crippen LogP contribution in [-0.2, 0) is 14.8 Å². The fraction of sp³-hybridized carbons (Fsp3) is 0.0500. The van der Waals surface area contributed by atoms with Crippen molar-refractivity contribution >= 4 is 44.9 Å². The molecule has 0 saturated carbocycles. The summed E-state index contributed by atoms with van der Waals surface area (Å²) in [7, 11) is -3.29. The molecule has 9 heteroatoms. The summed E-state index contributed by atoms with van der Waals surface area (Å²) >= 11 is 11.5. The summed E-state index contributed by atoms with van der Waals surface area (Å²) in [5.41, 5.74) is 1.32. The first-order valence-electron chi connectivity index (χ1n) is 8.18. The number of benzene rings is 3. The number of hydrogen-bond acceptors (Lipinski definition) is 4. The number of halogens is 3. The van der Waals surface area contributed by atoms with Gasteiger partial charge >= 0.3 is 5.97 Å². The first-order valence-corrected chi connectivity index (χ1v) is 10.4. The lowest BCUT2D eigenvalue weighted by atomic mass is 10.0. The van der Waals surface area contributed by atoms with Gasteiger partial charge in [0, 0.05) is 5.02 Å². The summed E-state index contributed by atoms with van der Waals surface area (Å²) in [5, 5.41) is -0.493. The number of esters is 1. The Labute approximate surface area is 177 Å². The molecule has 3 aromatic carbocycles. The predicted octanol–water partition coefficient (Wildman–Crippen LogP) is 5.39. The van der Waals surface area contributed by atoms with E-state index in [1.165, 1.54) is 19.2 Å². The second kappa shape index (κ2) is 8.41. The van der Waals surface area contributed by atoms with Crippen LogP contribution in [0.1, 0.15) is 10.4 Å². The van der Waals surface area contributed by atoms with Gasteiger partial charge in [0.1, 0.15) is 4.90 Å². The van der Waals surface area contributed by atoms with Gasteiger partial charge in [-0.25, -0.2) is 17.6 Å². The Hall–Kier alpha value is -2.61. The molecule has 0 spiro atoms. The molecule has 0 fully saturated rings. The average molecular weight is 454 g/mol. The highest BCUT2D eigenvalue weighted by Gasteiger charge is 2.25. The Balaban J connectivity index is 2.12. The molecule has 0 atom stereocenters. The van der Waals surface area contributed by atoms with Crippen LogP contribution in [0.15, 0.2) is 65.6 Å². The molecule has 0 aliphatic rings. The second-order valence-corrected chi connectivity index (χ2v) is 8.42. The molecule has 150 valence electrons. The normalized spacial score (nSPS) is 11.2. The molecular weight excluding hydrogens is 440 g/mol. The Morgan fingerprint density at radius 3 is 2.34 bits per heavy atom. The number of methoxy groups -OCH3 is 1. The lowest BCUT2D eigenvalue weighted by molar-refractivity contribution is 0.0602. The number of nitrogens with one attached hydrogen (secondary N) is 1. The van der Waals surface area contributed by atoms with Crippen LogP contribution in [0.5, 0.6) is 0 Å². The van der Waals surface area contributed by atoms with E-state index < -0.39 is 31.7 Å². The molecule has 1 N–H and O–H groups in total. The van der Waals surface area contributed by atoms with Gasteiger partial charge in [0.2, 0.25) is 0 Å². The van der Waals surface area contributed by atoms with Gasteiger partial charge in [0.15, 0.2) is 5.82 Å². The Bertz CT molecular complexity index is 1180. The zero-order chi connectivity index (χ0) is 21.2. The summed E-state index contributed by atoms with van der Waals surface area (Å²) < 4.78 is 46.9. The highest BCUT2D eigenvalue weighted by Crippen LogP contribution is 2.31. The van der Waals surface area contributed by atoms with E-state index in [0.717, 1.165) is 17.7 Å². The summed E-state index contributed by atoms with van der Waals surface area (Å²) in [6.45, 7) is 0. The van der Waals surface area contributed by atoms with Gasteiger partial charge in [0.25, 0.3) is 10.0 Å². The molecule has 3 rings (SSSR count). The van der Waals surface area contributed by atoms with Gasteiger partial charge in [-0.3, -0.25) is 4.72 Å². The topological polar surface area (TPSA) is 72.5 Å². The zero-order valence-corrected chi connectivity index (χ0v) is 17.3. The lowest BCUT2D eigenvalue weighted by Crippen LogP contribution is -2.17. The maximum absolute atomic E-state index is 14.3. The number of ether oxygens (including phenoxy) is 1. The van der Waals surface area contributed by atoms with E-state index in [1.807, 2.05) is 30.3 Å². The number of rotatable bonds is 5. The van der Waals surface area contributed by atoms with Gasteiger partial charge in [-0.05, 0) is 35.4 Å². The number of sulfonamides is 1. The molecule has 0 radical (unpaired) electrons. The van der Waals surface area contributed by atoms with Gasteiger partial charge in [-0.1, -0.05) is 59.6 Å². The molecule has 3 aromatic rings. The molecule has 0 saturated heterocycles. The standard InChI is InChI=1S/C20H14Cl2FNO4S/c1-28-20(25)15-8-7-13(12-5-3-2-4-6-12)9-17(15)24-29(26,27)18-11-14(21)10-16(22)19(18)23/h2-11,24H,1H3. The Morgan fingerprint density at radius 1 is 1.00 bits per heavy atom. The van der Waals surface area contributed by atoms with Crippen LogP contribution in [0, 0.1) is 5.82 Å². The highest BCUT2D eigenvalue weighted by molar-refractivity contribution is 7.92. The first kappa shape index (κ1) is 21.1. The van der Waals surface area contributed by atoms with Crippen molar-refractivity contribution < 1.29 is 22.3 Å². The van der Waals surface area contributed by atoms with E-state index in [9.17, 15) is 17.6 Å². The van der Waals surface area contributed by atoms with Crippen molar-refractivity contribution in [2.75, 3.05) is 11.8 Å². The third-order valence-corrected chi connectivity index (χ3v) is 5.88. The molecule has 0 aliphatic carbocycles. The van der Waals surface area contributed by atoms with Crippen molar-refractivity contribution in [2.24, 2.45) is 0 Å². The van der Waals surface area contributed by atoms with Crippen molar-refractivity contribution in [1.29, 1.82) is 0 Å². The van der Waals surface area contributed by atoms with E-state index in [2.05, 4.69) is 4.72 Å². The molecule has 0 amide bonds. The van der Waals surface area contributed by atoms with E-state index >= 15 is 0 Å². The fourth-order valence-electron chi connectivity index (χ4n) is 2.65. The summed E-state index contributed by atoms with van der Waals surface area (Å²) in [6, 6.07) is 15.7. The smallest absolute Gasteiger partial charge is 0.339 e. The van der Waals surface area contributed by atoms with Crippen LogP contribution >= 0.6 is 23.2 Å². The van der Waals surface area contributed by atoms with Crippen LogP contribution in [0.2, 0.25) is 10.0 Å². The molecule has 0 heterocycles. The lowest BCUT2D eigenvalue weighted by Gasteiger charge is -2.14. The molecule has 5 nitrogen and oxygen atoms in total. The summed E-state index contributed by atoms with van der Waals surface area (Å²) in [4.78, 5) is 11.4. The van der Waals surface area contributed by atoms with Crippen LogP contribution in [0.25, 0.3) is 11.1 Å². The SMILES string of the molecule is COC(=O)c1ccc(-c2ccccc2)cc1NS(=O)(=O)c1cc(Cl)cc(Cl)c1F. The molecule has 0 unspecified atom stereocenters. The third kappa shape index (κ3) is 4.53. The number of anilines is 1. The Morgan fingerprint density at radius 2 is 1.69 bits per heavy atom. The third-order valence-electron chi connectivity index (χ3n) is 4.03. The number of hydrogen-bond donors (Lipinski definition) is 1. The monoisotopic (exact) mass is 453 g/mol. The van der Waals surface area contributed by atoms with Crippen LogP contribution in [0.3, 0.4) is 0 Å². The minimum absolute atomic E-state index is 0.0377. The fourth-order valence-corrected chi connectivity index (χ4v) is 4.46. The van der Waals surface area contributed by atoms with E-state index in [4.69, 9.17) is 27.9 Å². The predicted molar refractivity (Wildman–Crippen MR) is 110 cm³/mol. The van der Waals surface area contributed by atoms with Gasteiger partial charge < -0.3 is 4.74 Å². The Kier molecular flexibility index (Phi) is 6.12. The summed E-state index contributed by atoms with van der Waals surface area (Å²) in [5.74, 6) is -1.91. The summed E-state index contributed by atoms with van der Waals surface area (Å²) in [6.07, 6.45) is 0. The molecule has 29 heavy (non-hydrogen) atoms. The van der Waals surface area contributed by atoms with Crippen LogP contribution < -0.4 is 4.72 Å². The quantitative estimate of drug-likeness (QED) is 0.415. The number of carbonyl (C=O) groups is 1. The molecule has 0 bridgehead atoms. The maximum Gasteiger partial charge on any atom is 0.339 e. The van der Waals surface area contributed by atoms with Crippen molar-refractivity contribution in [2.45, 2.75) is 4.90 Å². The van der Waals surface area contributed by atoms with Gasteiger partial charge in [0.05, 0.1) is 23.4 Å². The van der Waals surface area contributed by atoms with Crippen LogP contribution in [-0.4, -0.2) is 21.5 Å². The molecule has 0 aromatic heterocycles. The van der Waals surface area contributed by atoms with Crippen molar-refractivity contribution in [3.8, 4) is 11.1 Å². The highest BCUT2D eigenvalue weighted by atomic mass is 35.5.